The molecule has 3 aromatic heterocycles. The Morgan fingerprint density at radius 3 is 2.78 bits per heavy atom. The second kappa shape index (κ2) is 8.33. The van der Waals surface area contributed by atoms with E-state index in [0.29, 0.717) is 23.9 Å². The lowest BCUT2D eigenvalue weighted by Crippen LogP contribution is -2.46. The molecule has 166 valence electrons. The average molecular weight is 436 g/mol. The number of benzene rings is 1. The van der Waals surface area contributed by atoms with E-state index in [-0.39, 0.29) is 11.8 Å². The lowest BCUT2D eigenvalue weighted by Gasteiger charge is -2.36. The smallest absolute Gasteiger partial charge is 0.425 e. The Kier molecular flexibility index (Phi) is 5.36. The molecule has 2 atom stereocenters. The maximum Gasteiger partial charge on any atom is 0.425 e. The summed E-state index contributed by atoms with van der Waals surface area (Å²) in [5.74, 6) is 0.775. The molecule has 9 nitrogen and oxygen atoms in total. The zero-order valence-electron chi connectivity index (χ0n) is 18.5. The van der Waals surface area contributed by atoms with Crippen LogP contribution in [0.5, 0.6) is 5.75 Å². The molecule has 1 saturated heterocycles. The van der Waals surface area contributed by atoms with E-state index in [2.05, 4.69) is 34.9 Å². The summed E-state index contributed by atoms with van der Waals surface area (Å²) >= 11 is 0. The zero-order chi connectivity index (χ0) is 22.2. The lowest BCUT2D eigenvalue weighted by molar-refractivity contribution is -0.345. The quantitative estimate of drug-likeness (QED) is 0.472. The number of nitrogens with zero attached hydrogens (tertiary/aromatic N) is 5. The third-order valence-corrected chi connectivity index (χ3v) is 6.05. The minimum absolute atomic E-state index is 0.212. The molecule has 1 aromatic carbocycles. The van der Waals surface area contributed by atoms with Gasteiger partial charge in [0.15, 0.2) is 5.65 Å². The number of aromatic nitrogens is 5. The van der Waals surface area contributed by atoms with Crippen molar-refractivity contribution >= 4 is 16.7 Å². The van der Waals surface area contributed by atoms with Gasteiger partial charge in [0.1, 0.15) is 5.75 Å². The average Bonchev–Trinajstić information content (AvgIpc) is 3.30. The molecule has 32 heavy (non-hydrogen) atoms. The number of rotatable bonds is 5. The number of ether oxygens (including phenoxy) is 2. The normalized spacial score (nSPS) is 19.6. The molecule has 0 amide bonds. The molecule has 1 fully saturated rings. The monoisotopic (exact) mass is 435 g/mol. The molecule has 1 aliphatic rings. The number of morpholine rings is 1. The molecular formula is C23H27N6O3+. The highest BCUT2D eigenvalue weighted by molar-refractivity contribution is 5.87. The number of methoxy groups -OCH3 is 1. The van der Waals surface area contributed by atoms with Gasteiger partial charge in [-0.2, -0.15) is 0 Å². The van der Waals surface area contributed by atoms with Gasteiger partial charge in [0.25, 0.3) is 12.0 Å². The summed E-state index contributed by atoms with van der Waals surface area (Å²) in [4.78, 5) is 23.4. The second-order valence-corrected chi connectivity index (χ2v) is 8.40. The number of nitrogens with one attached hydrogen (secondary N) is 1. The molecule has 5 rings (SSSR count). The van der Waals surface area contributed by atoms with Crippen molar-refractivity contribution < 1.29 is 14.5 Å². The highest BCUT2D eigenvalue weighted by Crippen LogP contribution is 2.20. The van der Waals surface area contributed by atoms with E-state index in [1.165, 1.54) is 10.8 Å². The molecule has 4 heterocycles. The third-order valence-electron chi connectivity index (χ3n) is 6.05. The van der Waals surface area contributed by atoms with Crippen molar-refractivity contribution in [2.24, 2.45) is 0 Å². The lowest BCUT2D eigenvalue weighted by atomic mass is 10.1. The van der Waals surface area contributed by atoms with Crippen molar-refractivity contribution in [3.05, 3.63) is 64.5 Å². The molecule has 0 bridgehead atoms. The molecule has 0 spiro atoms. The van der Waals surface area contributed by atoms with Crippen molar-refractivity contribution in [3.8, 4) is 5.75 Å². The van der Waals surface area contributed by atoms with E-state index in [0.717, 1.165) is 42.0 Å². The van der Waals surface area contributed by atoms with Gasteiger partial charge in [0, 0.05) is 30.4 Å². The number of aromatic amines is 1. The minimum atomic E-state index is -0.236. The molecular weight excluding hydrogens is 408 g/mol. The minimum Gasteiger partial charge on any atom is -0.497 e. The van der Waals surface area contributed by atoms with Gasteiger partial charge >= 0.3 is 5.69 Å². The molecule has 4 aromatic rings. The summed E-state index contributed by atoms with van der Waals surface area (Å²) in [6, 6.07) is 10.1. The number of hydrogen-bond acceptors (Lipinski definition) is 6. The second-order valence-electron chi connectivity index (χ2n) is 8.40. The number of hydrogen-bond donors (Lipinski definition) is 0. The van der Waals surface area contributed by atoms with Crippen molar-refractivity contribution in [1.29, 1.82) is 0 Å². The summed E-state index contributed by atoms with van der Waals surface area (Å²) < 4.78 is 14.1. The van der Waals surface area contributed by atoms with Crippen LogP contribution >= 0.6 is 0 Å². The van der Waals surface area contributed by atoms with E-state index in [1.54, 1.807) is 11.7 Å². The van der Waals surface area contributed by atoms with Crippen molar-refractivity contribution in [1.82, 2.24) is 24.1 Å². The summed E-state index contributed by atoms with van der Waals surface area (Å²) in [6.07, 6.45) is 3.61. The molecule has 0 radical (unpaired) electrons. The van der Waals surface area contributed by atoms with Gasteiger partial charge in [-0.15, -0.1) is 0 Å². The van der Waals surface area contributed by atoms with Crippen LogP contribution in [0.15, 0.2) is 47.7 Å². The fourth-order valence-corrected chi connectivity index (χ4v) is 4.27. The summed E-state index contributed by atoms with van der Waals surface area (Å²) in [7, 11) is 1.63. The maximum atomic E-state index is 13.2. The van der Waals surface area contributed by atoms with Crippen molar-refractivity contribution in [2.75, 3.05) is 20.3 Å². The SMILES string of the molecule is COc1ccc(Cn2c(=O)n3nc[nH+]c3c3cc(CN4C[C@H](C)OC[C@@H]4C)cnc32)cc1. The Bertz CT molecular complexity index is 1310. The van der Waals surface area contributed by atoms with Gasteiger partial charge < -0.3 is 9.47 Å². The molecule has 0 aliphatic carbocycles. The summed E-state index contributed by atoms with van der Waals surface area (Å²) in [5.41, 5.74) is 3.10. The Morgan fingerprint density at radius 2 is 2.00 bits per heavy atom. The van der Waals surface area contributed by atoms with Gasteiger partial charge in [0.2, 0.25) is 0 Å². The van der Waals surface area contributed by atoms with Crippen LogP contribution in [0.2, 0.25) is 0 Å². The van der Waals surface area contributed by atoms with Crippen LogP contribution < -0.4 is 15.4 Å². The fraction of sp³-hybridized carbons (Fsp3) is 0.391. The van der Waals surface area contributed by atoms with Gasteiger partial charge in [-0.05, 0) is 47.7 Å². The Labute approximate surface area is 185 Å². The first-order valence-electron chi connectivity index (χ1n) is 10.8. The number of fused-ring (bicyclic) bond motifs is 3. The van der Waals surface area contributed by atoms with E-state index >= 15 is 0 Å². The van der Waals surface area contributed by atoms with Crippen LogP contribution in [-0.2, 0) is 17.8 Å². The fourth-order valence-electron chi connectivity index (χ4n) is 4.27. The van der Waals surface area contributed by atoms with E-state index in [9.17, 15) is 4.79 Å². The predicted octanol–water partition coefficient (Wildman–Crippen LogP) is 1.52. The third kappa shape index (κ3) is 3.74. The van der Waals surface area contributed by atoms with Crippen LogP contribution in [-0.4, -0.2) is 56.5 Å². The molecule has 0 saturated carbocycles. The standard InChI is InChI=1S/C23H26N6O3/c1-15-13-32-16(2)10-27(15)11-18-8-20-21(24-9-18)28(23(30)29-22(20)25-14-26-29)12-17-4-6-19(31-3)7-5-17/h4-9,14-16H,10-13H2,1-3H3/p+1/t15-,16-/m0/s1. The molecule has 9 heteroatoms. The van der Waals surface area contributed by atoms with E-state index in [4.69, 9.17) is 14.5 Å². The van der Waals surface area contributed by atoms with Gasteiger partial charge in [0.05, 0.1) is 31.8 Å². The molecule has 0 unspecified atom stereocenters. The van der Waals surface area contributed by atoms with Crippen molar-refractivity contribution in [2.45, 2.75) is 39.1 Å². The number of pyridine rings is 1. The first-order chi connectivity index (χ1) is 15.5. The van der Waals surface area contributed by atoms with Gasteiger partial charge in [-0.25, -0.2) is 14.8 Å². The van der Waals surface area contributed by atoms with Crippen LogP contribution in [0.1, 0.15) is 25.0 Å². The van der Waals surface area contributed by atoms with Crippen LogP contribution in [0.25, 0.3) is 16.7 Å². The molecule has 1 aliphatic heterocycles. The van der Waals surface area contributed by atoms with Crippen LogP contribution in [0.3, 0.4) is 0 Å². The zero-order valence-corrected chi connectivity index (χ0v) is 18.5. The van der Waals surface area contributed by atoms with Gasteiger partial charge in [-0.1, -0.05) is 12.1 Å². The van der Waals surface area contributed by atoms with Crippen LogP contribution in [0, 0.1) is 0 Å². The maximum absolute atomic E-state index is 13.2. The van der Waals surface area contributed by atoms with Crippen LogP contribution in [0.4, 0.5) is 0 Å². The number of H-pyrrole nitrogens is 1. The topological polar surface area (TPSA) is 88.0 Å². The Hall–Kier alpha value is -3.30. The highest BCUT2D eigenvalue weighted by atomic mass is 16.5. The first kappa shape index (κ1) is 20.6. The highest BCUT2D eigenvalue weighted by Gasteiger charge is 2.25. The largest absolute Gasteiger partial charge is 0.497 e. The first-order valence-corrected chi connectivity index (χ1v) is 10.8. The Balaban J connectivity index is 1.56. The summed E-state index contributed by atoms with van der Waals surface area (Å²) in [5, 5.41) is 5.08. The van der Waals surface area contributed by atoms with E-state index < -0.39 is 0 Å². The van der Waals surface area contributed by atoms with Gasteiger partial charge in [-0.3, -0.25) is 9.47 Å². The predicted molar refractivity (Wildman–Crippen MR) is 119 cm³/mol. The Morgan fingerprint density at radius 1 is 1.19 bits per heavy atom. The summed E-state index contributed by atoms with van der Waals surface area (Å²) in [6.45, 7) is 7.04. The molecule has 1 N–H and O–H groups in total. The van der Waals surface area contributed by atoms with Crippen molar-refractivity contribution in [3.63, 3.8) is 0 Å². The van der Waals surface area contributed by atoms with E-state index in [1.807, 2.05) is 30.5 Å².